The minimum Gasteiger partial charge on any atom is -0.481 e. The number of aliphatic carboxylic acids is 1. The van der Waals surface area contributed by atoms with Gasteiger partial charge in [0, 0.05) is 6.07 Å². The number of non-ortho nitro benzene ring substituents is 1. The van der Waals surface area contributed by atoms with Crippen molar-refractivity contribution in [3.05, 3.63) is 38.4 Å². The molecule has 0 aliphatic carbocycles. The molecule has 0 fully saturated rings. The Balaban J connectivity index is 3.27. The molecule has 0 radical (unpaired) electrons. The number of hydrogen-bond acceptors (Lipinski definition) is 6. The van der Waals surface area contributed by atoms with Gasteiger partial charge in [0.25, 0.3) is 11.4 Å². The number of rotatable bonds is 5. The molecule has 1 rings (SSSR count). The Morgan fingerprint density at radius 1 is 1.28 bits per heavy atom. The van der Waals surface area contributed by atoms with Crippen LogP contribution in [0.5, 0.6) is 0 Å². The fourth-order valence-corrected chi connectivity index (χ4v) is 2.11. The smallest absolute Gasteiger partial charge is 0.316 e. The van der Waals surface area contributed by atoms with E-state index in [1.165, 1.54) is 0 Å². The summed E-state index contributed by atoms with van der Waals surface area (Å²) in [4.78, 5) is 29.4. The standard InChI is InChI=1S/C8H6N2O7S/c11-8(12)4-18(17)7-2-1-5(9(13)14)3-6(7)10(15)16/h1-3H,4H2,(H,11,12)/t18-/m0/s1. The Labute approximate surface area is 102 Å². The maximum atomic E-state index is 11.5. The molecule has 9 nitrogen and oxygen atoms in total. The molecule has 0 spiro atoms. The Bertz CT molecular complexity index is 556. The lowest BCUT2D eigenvalue weighted by atomic mass is 10.3. The van der Waals surface area contributed by atoms with Crippen molar-refractivity contribution in [2.24, 2.45) is 0 Å². The largest absolute Gasteiger partial charge is 0.481 e. The van der Waals surface area contributed by atoms with Crippen LogP contribution >= 0.6 is 0 Å². The topological polar surface area (TPSA) is 141 Å². The van der Waals surface area contributed by atoms with E-state index in [0.29, 0.717) is 6.07 Å². The molecular weight excluding hydrogens is 268 g/mol. The van der Waals surface area contributed by atoms with E-state index in [0.717, 1.165) is 12.1 Å². The van der Waals surface area contributed by atoms with E-state index < -0.39 is 43.7 Å². The zero-order chi connectivity index (χ0) is 13.9. The summed E-state index contributed by atoms with van der Waals surface area (Å²) < 4.78 is 11.5. The Kier molecular flexibility index (Phi) is 4.05. The van der Waals surface area contributed by atoms with Crippen LogP contribution in [-0.2, 0) is 15.6 Å². The molecule has 1 atom stereocenters. The van der Waals surface area contributed by atoms with Crippen molar-refractivity contribution >= 4 is 28.1 Å². The van der Waals surface area contributed by atoms with E-state index in [4.69, 9.17) is 5.11 Å². The number of carboxylic acid groups (broad SMARTS) is 1. The number of hydrogen-bond donors (Lipinski definition) is 1. The van der Waals surface area contributed by atoms with Crippen molar-refractivity contribution < 1.29 is 24.0 Å². The predicted octanol–water partition coefficient (Wildman–Crippen LogP) is 0.695. The van der Waals surface area contributed by atoms with Crippen molar-refractivity contribution in [2.75, 3.05) is 5.75 Å². The number of nitro benzene ring substituents is 2. The van der Waals surface area contributed by atoms with Crippen molar-refractivity contribution in [3.63, 3.8) is 0 Å². The lowest BCUT2D eigenvalue weighted by molar-refractivity contribution is -0.396. The van der Waals surface area contributed by atoms with Gasteiger partial charge in [-0.3, -0.25) is 29.2 Å². The summed E-state index contributed by atoms with van der Waals surface area (Å²) in [7, 11) is -2.13. The van der Waals surface area contributed by atoms with E-state index in [2.05, 4.69) is 0 Å². The van der Waals surface area contributed by atoms with Gasteiger partial charge in [-0.1, -0.05) is 0 Å². The van der Waals surface area contributed by atoms with Crippen LogP contribution < -0.4 is 0 Å². The average Bonchev–Trinajstić information content (AvgIpc) is 2.26. The molecule has 0 heterocycles. The molecule has 0 amide bonds. The van der Waals surface area contributed by atoms with Crippen LogP contribution in [0.2, 0.25) is 0 Å². The molecule has 10 heteroatoms. The van der Waals surface area contributed by atoms with Gasteiger partial charge >= 0.3 is 5.97 Å². The number of carboxylic acids is 1. The number of nitrogens with zero attached hydrogens (tertiary/aromatic N) is 2. The Hall–Kier alpha value is -2.36. The van der Waals surface area contributed by atoms with Gasteiger partial charge < -0.3 is 5.11 Å². The fraction of sp³-hybridized carbons (Fsp3) is 0.125. The molecule has 96 valence electrons. The molecule has 1 aromatic rings. The second kappa shape index (κ2) is 5.31. The summed E-state index contributed by atoms with van der Waals surface area (Å²) in [6.45, 7) is 0. The van der Waals surface area contributed by atoms with Crippen molar-refractivity contribution in [1.82, 2.24) is 0 Å². The van der Waals surface area contributed by atoms with Gasteiger partial charge in [0.15, 0.2) is 0 Å². The summed E-state index contributed by atoms with van der Waals surface area (Å²) >= 11 is 0. The zero-order valence-corrected chi connectivity index (χ0v) is 9.46. The molecule has 0 aliphatic heterocycles. The molecule has 0 saturated carbocycles. The zero-order valence-electron chi connectivity index (χ0n) is 8.64. The average molecular weight is 274 g/mol. The highest BCUT2D eigenvalue weighted by Crippen LogP contribution is 2.27. The first kappa shape index (κ1) is 13.7. The van der Waals surface area contributed by atoms with Crippen molar-refractivity contribution in [1.29, 1.82) is 0 Å². The van der Waals surface area contributed by atoms with Gasteiger partial charge in [0.2, 0.25) is 0 Å². The first-order chi connectivity index (χ1) is 8.32. The number of nitro groups is 2. The van der Waals surface area contributed by atoms with Gasteiger partial charge in [-0.15, -0.1) is 0 Å². The highest BCUT2D eigenvalue weighted by molar-refractivity contribution is 7.85. The summed E-state index contributed by atoms with van der Waals surface area (Å²) in [5.41, 5.74) is -1.26. The van der Waals surface area contributed by atoms with Gasteiger partial charge in [-0.2, -0.15) is 0 Å². The molecule has 18 heavy (non-hydrogen) atoms. The van der Waals surface area contributed by atoms with Crippen LogP contribution in [0.15, 0.2) is 23.1 Å². The summed E-state index contributed by atoms with van der Waals surface area (Å²) in [6, 6.07) is 2.51. The van der Waals surface area contributed by atoms with Gasteiger partial charge in [0.05, 0.1) is 26.7 Å². The lowest BCUT2D eigenvalue weighted by Crippen LogP contribution is -2.10. The van der Waals surface area contributed by atoms with Crippen LogP contribution in [0.4, 0.5) is 11.4 Å². The quantitative estimate of drug-likeness (QED) is 0.615. The normalized spacial score (nSPS) is 11.8. The molecule has 1 aromatic carbocycles. The third-order valence-corrected chi connectivity index (χ3v) is 3.19. The van der Waals surface area contributed by atoms with Crippen molar-refractivity contribution in [3.8, 4) is 0 Å². The second-order valence-electron chi connectivity index (χ2n) is 3.05. The van der Waals surface area contributed by atoms with E-state index in [1.54, 1.807) is 0 Å². The maximum Gasteiger partial charge on any atom is 0.316 e. The molecule has 0 aliphatic rings. The van der Waals surface area contributed by atoms with Crippen LogP contribution in [0.3, 0.4) is 0 Å². The van der Waals surface area contributed by atoms with Crippen LogP contribution in [0.25, 0.3) is 0 Å². The maximum absolute atomic E-state index is 11.5. The minimum absolute atomic E-state index is 0.354. The van der Waals surface area contributed by atoms with Gasteiger partial charge in [-0.25, -0.2) is 0 Å². The van der Waals surface area contributed by atoms with E-state index >= 15 is 0 Å². The molecule has 0 unspecified atom stereocenters. The molecule has 0 bridgehead atoms. The third kappa shape index (κ3) is 3.07. The molecular formula is C8H6N2O7S. The van der Waals surface area contributed by atoms with Crippen molar-refractivity contribution in [2.45, 2.75) is 4.90 Å². The summed E-state index contributed by atoms with van der Waals surface area (Å²) in [5, 5.41) is 29.6. The van der Waals surface area contributed by atoms with E-state index in [-0.39, 0.29) is 4.90 Å². The van der Waals surface area contributed by atoms with Gasteiger partial charge in [0.1, 0.15) is 10.6 Å². The lowest BCUT2D eigenvalue weighted by Gasteiger charge is -2.01. The second-order valence-corrected chi connectivity index (χ2v) is 4.47. The summed E-state index contributed by atoms with van der Waals surface area (Å²) in [6.07, 6.45) is 0. The summed E-state index contributed by atoms with van der Waals surface area (Å²) in [5.74, 6) is -2.19. The van der Waals surface area contributed by atoms with Crippen LogP contribution in [0.1, 0.15) is 0 Å². The Morgan fingerprint density at radius 3 is 2.33 bits per heavy atom. The van der Waals surface area contributed by atoms with Crippen LogP contribution in [0, 0.1) is 20.2 Å². The van der Waals surface area contributed by atoms with E-state index in [9.17, 15) is 29.2 Å². The predicted molar refractivity (Wildman–Crippen MR) is 58.7 cm³/mol. The van der Waals surface area contributed by atoms with Crippen LogP contribution in [-0.4, -0.2) is 30.9 Å². The Morgan fingerprint density at radius 2 is 1.89 bits per heavy atom. The monoisotopic (exact) mass is 274 g/mol. The molecule has 0 aromatic heterocycles. The SMILES string of the molecule is O=C(O)C[S@](=O)c1ccc([N+](=O)[O-])cc1[N+](=O)[O-]. The third-order valence-electron chi connectivity index (χ3n) is 1.85. The molecule has 1 N–H and O–H groups in total. The van der Waals surface area contributed by atoms with E-state index in [1.807, 2.05) is 0 Å². The molecule has 0 saturated heterocycles. The minimum atomic E-state index is -2.13. The van der Waals surface area contributed by atoms with Gasteiger partial charge in [-0.05, 0) is 6.07 Å². The number of carbonyl (C=O) groups is 1. The first-order valence-corrected chi connectivity index (χ1v) is 5.68. The first-order valence-electron chi connectivity index (χ1n) is 4.36. The number of benzene rings is 1. The highest BCUT2D eigenvalue weighted by atomic mass is 32.2. The fourth-order valence-electron chi connectivity index (χ4n) is 1.14. The highest BCUT2D eigenvalue weighted by Gasteiger charge is 2.24.